The third kappa shape index (κ3) is 8.54. The van der Waals surface area contributed by atoms with Crippen molar-refractivity contribution in [2.75, 3.05) is 13.2 Å². The fourth-order valence-corrected chi connectivity index (χ4v) is 2.42. The number of nitrogens with one attached hydrogen (secondary N) is 2. The quantitative estimate of drug-likeness (QED) is 0.249. The summed E-state index contributed by atoms with van der Waals surface area (Å²) in [6.45, 7) is 2.49. The van der Waals surface area contributed by atoms with Crippen molar-refractivity contribution in [3.63, 3.8) is 0 Å². The number of carbonyl (C=O) groups is 1. The number of hydrogen-bond acceptors (Lipinski definition) is 4. The molecule has 1 atom stereocenters. The lowest BCUT2D eigenvalue weighted by Gasteiger charge is -2.14. The number of nitrogens with two attached hydrogens (primary N) is 1. The molecule has 0 saturated carbocycles. The maximum absolute atomic E-state index is 12.0. The van der Waals surface area contributed by atoms with Crippen LogP contribution in [0.1, 0.15) is 62.2 Å². The normalized spacial score (nSPS) is 11.8. The van der Waals surface area contributed by atoms with Crippen molar-refractivity contribution in [2.45, 2.75) is 57.9 Å². The molecule has 0 aliphatic heterocycles. The number of rotatable bonds is 13. The molecule has 140 valence electrons. The molecule has 0 aliphatic carbocycles. The van der Waals surface area contributed by atoms with E-state index in [2.05, 4.69) is 12.2 Å². The summed E-state index contributed by atoms with van der Waals surface area (Å²) >= 11 is 0. The minimum atomic E-state index is -0.860. The summed E-state index contributed by atoms with van der Waals surface area (Å²) in [5, 5.41) is 18.9. The fraction of sp³-hybridized carbons (Fsp3) is 0.579. The zero-order valence-corrected chi connectivity index (χ0v) is 15.1. The van der Waals surface area contributed by atoms with E-state index in [4.69, 9.17) is 21.0 Å². The van der Waals surface area contributed by atoms with E-state index in [0.29, 0.717) is 12.2 Å². The fourth-order valence-electron chi connectivity index (χ4n) is 2.42. The number of carbonyl (C=O) groups excluding carboxylic acids is 1. The molecule has 1 aromatic rings. The molecule has 1 amide bonds. The van der Waals surface area contributed by atoms with E-state index < -0.39 is 12.6 Å². The monoisotopic (exact) mass is 349 g/mol. The molecule has 6 nitrogen and oxygen atoms in total. The molecule has 0 radical (unpaired) electrons. The number of aliphatic hydroxyl groups excluding tert-OH is 1. The van der Waals surface area contributed by atoms with Crippen LogP contribution in [0.4, 0.5) is 0 Å². The van der Waals surface area contributed by atoms with Gasteiger partial charge in [-0.3, -0.25) is 10.2 Å². The van der Waals surface area contributed by atoms with Crippen molar-refractivity contribution in [1.82, 2.24) is 5.32 Å². The number of amidine groups is 1. The highest BCUT2D eigenvalue weighted by atomic mass is 16.5. The first-order valence-corrected chi connectivity index (χ1v) is 9.07. The van der Waals surface area contributed by atoms with Gasteiger partial charge in [-0.25, -0.2) is 0 Å². The summed E-state index contributed by atoms with van der Waals surface area (Å²) in [6, 6.07) is 5.95. The van der Waals surface area contributed by atoms with Crippen LogP contribution >= 0.6 is 0 Å². The first-order valence-electron chi connectivity index (χ1n) is 9.07. The van der Waals surface area contributed by atoms with Crippen molar-refractivity contribution in [3.05, 3.63) is 29.8 Å². The second-order valence-corrected chi connectivity index (χ2v) is 6.16. The van der Waals surface area contributed by atoms with Gasteiger partial charge in [0.15, 0.2) is 0 Å². The Kier molecular flexibility index (Phi) is 10.3. The highest BCUT2D eigenvalue weighted by Gasteiger charge is 2.15. The molecular formula is C19H31N3O3. The van der Waals surface area contributed by atoms with Crippen molar-refractivity contribution in [1.29, 1.82) is 5.41 Å². The van der Waals surface area contributed by atoms with E-state index in [0.717, 1.165) is 12.2 Å². The summed E-state index contributed by atoms with van der Waals surface area (Å²) in [5.74, 6) is 0.0752. The van der Waals surface area contributed by atoms with Gasteiger partial charge >= 0.3 is 0 Å². The van der Waals surface area contributed by atoms with Crippen LogP contribution in [0.5, 0.6) is 5.75 Å². The molecule has 0 aliphatic rings. The Morgan fingerprint density at radius 1 is 1.16 bits per heavy atom. The van der Waals surface area contributed by atoms with Gasteiger partial charge in [-0.15, -0.1) is 0 Å². The van der Waals surface area contributed by atoms with E-state index >= 15 is 0 Å². The Balaban J connectivity index is 2.29. The predicted octanol–water partition coefficient (Wildman–Crippen LogP) is 2.84. The van der Waals surface area contributed by atoms with Crippen LogP contribution in [0.25, 0.3) is 0 Å². The maximum Gasteiger partial charge on any atom is 0.251 e. The molecular weight excluding hydrogens is 318 g/mol. The van der Waals surface area contributed by atoms with Gasteiger partial charge in [0.25, 0.3) is 5.91 Å². The number of aliphatic hydroxyl groups is 1. The van der Waals surface area contributed by atoms with Crippen LogP contribution in [-0.2, 0) is 0 Å². The van der Waals surface area contributed by atoms with Crippen LogP contribution in [0, 0.1) is 5.41 Å². The third-order valence-corrected chi connectivity index (χ3v) is 4.00. The molecule has 5 N–H and O–H groups in total. The molecule has 0 bridgehead atoms. The highest BCUT2D eigenvalue weighted by molar-refractivity contribution is 5.97. The minimum absolute atomic E-state index is 0.273. The lowest BCUT2D eigenvalue weighted by molar-refractivity contribution is 0.0933. The van der Waals surface area contributed by atoms with E-state index in [-0.39, 0.29) is 11.7 Å². The molecule has 0 heterocycles. The van der Waals surface area contributed by atoms with E-state index in [1.807, 2.05) is 0 Å². The van der Waals surface area contributed by atoms with Gasteiger partial charge in [-0.05, 0) is 30.7 Å². The first-order chi connectivity index (χ1) is 12.1. The smallest absolute Gasteiger partial charge is 0.251 e. The molecule has 1 rings (SSSR count). The van der Waals surface area contributed by atoms with Crippen LogP contribution < -0.4 is 15.8 Å². The van der Waals surface area contributed by atoms with Gasteiger partial charge in [0.05, 0.1) is 13.2 Å². The van der Waals surface area contributed by atoms with Gasteiger partial charge < -0.3 is 20.9 Å². The Morgan fingerprint density at radius 2 is 1.76 bits per heavy atom. The van der Waals surface area contributed by atoms with Crippen molar-refractivity contribution in [2.24, 2.45) is 5.73 Å². The first kappa shape index (κ1) is 21.0. The molecule has 0 aromatic heterocycles. The predicted molar refractivity (Wildman–Crippen MR) is 100 cm³/mol. The van der Waals surface area contributed by atoms with Gasteiger partial charge in [-0.2, -0.15) is 0 Å². The summed E-state index contributed by atoms with van der Waals surface area (Å²) < 4.78 is 5.68. The largest absolute Gasteiger partial charge is 0.494 e. The Morgan fingerprint density at radius 3 is 2.32 bits per heavy atom. The molecule has 0 saturated heterocycles. The van der Waals surface area contributed by atoms with Gasteiger partial charge in [0.1, 0.15) is 17.6 Å². The van der Waals surface area contributed by atoms with Crippen molar-refractivity contribution >= 4 is 11.7 Å². The second kappa shape index (κ2) is 12.3. The molecule has 0 fully saturated rings. The van der Waals surface area contributed by atoms with Crippen molar-refractivity contribution in [3.8, 4) is 5.75 Å². The average molecular weight is 349 g/mol. The summed E-state index contributed by atoms with van der Waals surface area (Å²) in [4.78, 5) is 12.0. The lowest BCUT2D eigenvalue weighted by Crippen LogP contribution is -2.46. The van der Waals surface area contributed by atoms with Crippen LogP contribution in [0.15, 0.2) is 24.3 Å². The maximum atomic E-state index is 12.0. The third-order valence-electron chi connectivity index (χ3n) is 4.00. The number of amides is 1. The van der Waals surface area contributed by atoms with E-state index in [1.165, 1.54) is 38.5 Å². The van der Waals surface area contributed by atoms with Gasteiger partial charge in [0, 0.05) is 5.56 Å². The number of unbranched alkanes of at least 4 members (excludes halogenated alkanes) is 6. The number of benzene rings is 1. The van der Waals surface area contributed by atoms with E-state index in [9.17, 15) is 4.79 Å². The zero-order chi connectivity index (χ0) is 18.5. The SMILES string of the molecule is CCCCCCCCCOc1ccc(C(=O)NC(CO)C(=N)N)cc1. The van der Waals surface area contributed by atoms with E-state index in [1.54, 1.807) is 24.3 Å². The summed E-state index contributed by atoms with van der Waals surface area (Å²) in [7, 11) is 0. The summed E-state index contributed by atoms with van der Waals surface area (Å²) in [6.07, 6.45) is 8.68. The molecule has 1 unspecified atom stereocenters. The van der Waals surface area contributed by atoms with Crippen molar-refractivity contribution < 1.29 is 14.6 Å². The van der Waals surface area contributed by atoms with Gasteiger partial charge in [-0.1, -0.05) is 45.4 Å². The number of ether oxygens (including phenoxy) is 1. The molecule has 6 heteroatoms. The minimum Gasteiger partial charge on any atom is -0.494 e. The molecule has 0 spiro atoms. The topological polar surface area (TPSA) is 108 Å². The molecule has 25 heavy (non-hydrogen) atoms. The Labute approximate surface area is 150 Å². The van der Waals surface area contributed by atoms with Crippen LogP contribution in [0.3, 0.4) is 0 Å². The Bertz CT molecular complexity index is 517. The van der Waals surface area contributed by atoms with Crippen LogP contribution in [-0.4, -0.2) is 36.1 Å². The lowest BCUT2D eigenvalue weighted by atomic mass is 10.1. The molecule has 1 aromatic carbocycles. The standard InChI is InChI=1S/C19H31N3O3/c1-2-3-4-5-6-7-8-13-25-16-11-9-15(10-12-16)19(24)22-17(14-23)18(20)21/h9-12,17,23H,2-8,13-14H2,1H3,(H3,20,21)(H,22,24). The Hall–Kier alpha value is -2.08. The number of hydrogen-bond donors (Lipinski definition) is 4. The summed E-state index contributed by atoms with van der Waals surface area (Å²) in [5.41, 5.74) is 5.73. The van der Waals surface area contributed by atoms with Crippen LogP contribution in [0.2, 0.25) is 0 Å². The second-order valence-electron chi connectivity index (χ2n) is 6.16. The van der Waals surface area contributed by atoms with Gasteiger partial charge in [0.2, 0.25) is 0 Å². The average Bonchev–Trinajstić information content (AvgIpc) is 2.62. The highest BCUT2D eigenvalue weighted by Crippen LogP contribution is 2.14. The zero-order valence-electron chi connectivity index (χ0n) is 15.1.